The lowest BCUT2D eigenvalue weighted by Crippen LogP contribution is -2.17. The Hall–Kier alpha value is -2.12. The summed E-state index contributed by atoms with van der Waals surface area (Å²) in [5, 5.41) is 8.36. The molecular formula is C15H14ClN3O3S. The summed E-state index contributed by atoms with van der Waals surface area (Å²) in [7, 11) is -3.30. The summed E-state index contributed by atoms with van der Waals surface area (Å²) >= 11 is 5.93. The average molecular weight is 352 g/mol. The predicted molar refractivity (Wildman–Crippen MR) is 87.1 cm³/mol. The lowest BCUT2D eigenvalue weighted by Gasteiger charge is -2.06. The Morgan fingerprint density at radius 1 is 1.13 bits per heavy atom. The molecule has 0 unspecified atom stereocenters. The predicted octanol–water partition coefficient (Wildman–Crippen LogP) is 2.38. The van der Waals surface area contributed by atoms with Gasteiger partial charge < -0.3 is 4.84 Å². The van der Waals surface area contributed by atoms with E-state index in [0.717, 1.165) is 0 Å². The van der Waals surface area contributed by atoms with E-state index in [1.165, 1.54) is 4.85 Å². The lowest BCUT2D eigenvalue weighted by molar-refractivity contribution is 0.0882. The van der Waals surface area contributed by atoms with E-state index in [1.807, 2.05) is 0 Å². The highest BCUT2D eigenvalue weighted by Gasteiger charge is 2.13. The van der Waals surface area contributed by atoms with Crippen LogP contribution in [0.4, 0.5) is 0 Å². The molecule has 0 saturated carbocycles. The number of aromatic nitrogens is 3. The summed E-state index contributed by atoms with van der Waals surface area (Å²) in [6, 6.07) is 13.5. The third-order valence-electron chi connectivity index (χ3n) is 3.25. The lowest BCUT2D eigenvalue weighted by atomic mass is 10.3. The fourth-order valence-electron chi connectivity index (χ4n) is 2.11. The molecule has 6 nitrogen and oxygen atoms in total. The number of nitrogens with zero attached hydrogens (tertiary/aromatic N) is 3. The molecule has 0 N–H and O–H groups in total. The van der Waals surface area contributed by atoms with Crippen molar-refractivity contribution in [1.29, 1.82) is 0 Å². The largest absolute Gasteiger partial charge is 0.395 e. The van der Waals surface area contributed by atoms with Crippen LogP contribution in [0, 0.1) is 0 Å². The Balaban J connectivity index is 1.60. The van der Waals surface area contributed by atoms with Crippen LogP contribution in [0.15, 0.2) is 53.4 Å². The summed E-state index contributed by atoms with van der Waals surface area (Å²) in [5.41, 5.74) is 1.30. The van der Waals surface area contributed by atoms with Gasteiger partial charge in [0.1, 0.15) is 17.6 Å². The van der Waals surface area contributed by atoms with Crippen LogP contribution in [0.1, 0.15) is 6.42 Å². The third kappa shape index (κ3) is 3.62. The van der Waals surface area contributed by atoms with Gasteiger partial charge in [-0.05, 0) is 42.0 Å². The molecule has 0 amide bonds. The molecule has 0 spiro atoms. The first-order valence-electron chi connectivity index (χ1n) is 6.98. The van der Waals surface area contributed by atoms with Crippen molar-refractivity contribution in [3.63, 3.8) is 0 Å². The van der Waals surface area contributed by atoms with Crippen LogP contribution in [0.2, 0.25) is 5.02 Å². The Morgan fingerprint density at radius 2 is 1.91 bits per heavy atom. The molecule has 0 fully saturated rings. The Kier molecular flexibility index (Phi) is 4.49. The first-order chi connectivity index (χ1) is 11.1. The number of rotatable bonds is 6. The highest BCUT2D eigenvalue weighted by molar-refractivity contribution is 7.91. The van der Waals surface area contributed by atoms with E-state index in [0.29, 0.717) is 27.4 Å². The van der Waals surface area contributed by atoms with Crippen molar-refractivity contribution in [3.05, 3.63) is 53.6 Å². The second-order valence-electron chi connectivity index (χ2n) is 4.91. The second-order valence-corrected chi connectivity index (χ2v) is 7.46. The van der Waals surface area contributed by atoms with Gasteiger partial charge in [-0.3, -0.25) is 0 Å². The molecule has 0 aliphatic rings. The molecule has 1 heterocycles. The maximum atomic E-state index is 12.1. The van der Waals surface area contributed by atoms with E-state index in [1.54, 1.807) is 48.5 Å². The molecule has 23 heavy (non-hydrogen) atoms. The van der Waals surface area contributed by atoms with Crippen LogP contribution in [0.3, 0.4) is 0 Å². The van der Waals surface area contributed by atoms with Crippen LogP contribution >= 0.6 is 11.6 Å². The van der Waals surface area contributed by atoms with Gasteiger partial charge in [-0.15, -0.1) is 5.10 Å². The maximum Gasteiger partial charge on any atom is 0.178 e. The van der Waals surface area contributed by atoms with Gasteiger partial charge in [0.15, 0.2) is 9.84 Å². The van der Waals surface area contributed by atoms with Crippen molar-refractivity contribution in [2.45, 2.75) is 11.3 Å². The van der Waals surface area contributed by atoms with Gasteiger partial charge in [0.25, 0.3) is 0 Å². The van der Waals surface area contributed by atoms with Crippen LogP contribution in [0.5, 0.6) is 0 Å². The molecule has 3 rings (SSSR count). The van der Waals surface area contributed by atoms with Crippen LogP contribution in [-0.2, 0) is 9.84 Å². The van der Waals surface area contributed by atoms with Gasteiger partial charge in [0.05, 0.1) is 10.6 Å². The smallest absolute Gasteiger partial charge is 0.178 e. The van der Waals surface area contributed by atoms with Crippen molar-refractivity contribution in [2.24, 2.45) is 0 Å². The maximum absolute atomic E-state index is 12.1. The average Bonchev–Trinajstić information content (AvgIpc) is 2.95. The SMILES string of the molecule is O=S(=O)(CCCOn1nnc2ccc(Cl)cc21)c1ccccc1. The van der Waals surface area contributed by atoms with Crippen molar-refractivity contribution in [1.82, 2.24) is 15.2 Å². The Bertz CT molecular complexity index is 910. The zero-order chi connectivity index (χ0) is 16.3. The summed E-state index contributed by atoms with van der Waals surface area (Å²) in [6.45, 7) is 0.205. The molecule has 0 bridgehead atoms. The minimum Gasteiger partial charge on any atom is -0.395 e. The van der Waals surface area contributed by atoms with E-state index in [4.69, 9.17) is 16.4 Å². The van der Waals surface area contributed by atoms with Crippen molar-refractivity contribution in [2.75, 3.05) is 12.4 Å². The molecule has 0 aliphatic heterocycles. The van der Waals surface area contributed by atoms with E-state index in [9.17, 15) is 8.42 Å². The van der Waals surface area contributed by atoms with E-state index >= 15 is 0 Å². The quantitative estimate of drug-likeness (QED) is 0.637. The van der Waals surface area contributed by atoms with Gasteiger partial charge in [-0.1, -0.05) is 34.6 Å². The minimum absolute atomic E-state index is 0.00436. The molecule has 8 heteroatoms. The fourth-order valence-corrected chi connectivity index (χ4v) is 3.58. The standard InChI is InChI=1S/C15H14ClN3O3S/c16-12-7-8-14-15(11-12)19(18-17-14)22-9-4-10-23(20,21)13-5-2-1-3-6-13/h1-3,5-8,11H,4,9-10H2. The van der Waals surface area contributed by atoms with E-state index in [2.05, 4.69) is 10.3 Å². The van der Waals surface area contributed by atoms with Crippen molar-refractivity contribution < 1.29 is 13.3 Å². The zero-order valence-electron chi connectivity index (χ0n) is 12.1. The molecule has 0 aliphatic carbocycles. The number of sulfone groups is 1. The minimum atomic E-state index is -3.30. The molecule has 1 aromatic heterocycles. The van der Waals surface area contributed by atoms with Crippen LogP contribution < -0.4 is 4.84 Å². The third-order valence-corrected chi connectivity index (χ3v) is 5.30. The van der Waals surface area contributed by atoms with Gasteiger partial charge in [0.2, 0.25) is 0 Å². The fraction of sp³-hybridized carbons (Fsp3) is 0.200. The zero-order valence-corrected chi connectivity index (χ0v) is 13.7. The number of halogens is 1. The van der Waals surface area contributed by atoms with Crippen molar-refractivity contribution in [3.8, 4) is 0 Å². The molecule has 0 atom stereocenters. The monoisotopic (exact) mass is 351 g/mol. The topological polar surface area (TPSA) is 74.1 Å². The van der Waals surface area contributed by atoms with Crippen molar-refractivity contribution >= 4 is 32.5 Å². The van der Waals surface area contributed by atoms with Gasteiger partial charge >= 0.3 is 0 Å². The molecule has 0 saturated heterocycles. The second kappa shape index (κ2) is 6.55. The van der Waals surface area contributed by atoms with Gasteiger partial charge in [-0.2, -0.15) is 0 Å². The highest BCUT2D eigenvalue weighted by atomic mass is 35.5. The molecule has 120 valence electrons. The number of hydrogen-bond donors (Lipinski definition) is 0. The highest BCUT2D eigenvalue weighted by Crippen LogP contribution is 2.16. The van der Waals surface area contributed by atoms with Gasteiger partial charge in [-0.25, -0.2) is 8.42 Å². The first-order valence-corrected chi connectivity index (χ1v) is 9.01. The summed E-state index contributed by atoms with van der Waals surface area (Å²) in [5.74, 6) is 0.00436. The van der Waals surface area contributed by atoms with Crippen LogP contribution in [-0.4, -0.2) is 35.9 Å². The molecule has 0 radical (unpaired) electrons. The molecule has 3 aromatic rings. The first kappa shape index (κ1) is 15.8. The number of hydrogen-bond acceptors (Lipinski definition) is 5. The number of fused-ring (bicyclic) bond motifs is 1. The summed E-state index contributed by atoms with van der Waals surface area (Å²) in [4.78, 5) is 7.04. The number of benzene rings is 2. The normalized spacial score (nSPS) is 11.7. The molecular weight excluding hydrogens is 338 g/mol. The van der Waals surface area contributed by atoms with Crippen LogP contribution in [0.25, 0.3) is 11.0 Å². The van der Waals surface area contributed by atoms with E-state index in [-0.39, 0.29) is 12.4 Å². The molecule has 2 aromatic carbocycles. The van der Waals surface area contributed by atoms with E-state index < -0.39 is 9.84 Å². The Labute approximate surface area is 138 Å². The van der Waals surface area contributed by atoms with Gasteiger partial charge in [0, 0.05) is 5.02 Å². The summed E-state index contributed by atoms with van der Waals surface area (Å²) < 4.78 is 24.3. The Morgan fingerprint density at radius 3 is 2.70 bits per heavy atom. The summed E-state index contributed by atoms with van der Waals surface area (Å²) in [6.07, 6.45) is 0.346.